The standard InChI is InChI=1S/C18H21NO/c1-2-20-16-9-7-13(8-10-16)18(19)12-15-11-14-5-3-4-6-17(14)15/h3-10,15,18H,2,11-12,19H2,1H3. The first-order chi connectivity index (χ1) is 9.78. The third kappa shape index (κ3) is 2.56. The van der Waals surface area contributed by atoms with Crippen molar-refractivity contribution < 1.29 is 4.74 Å². The third-order valence-electron chi connectivity index (χ3n) is 4.12. The lowest BCUT2D eigenvalue weighted by Crippen LogP contribution is -2.22. The van der Waals surface area contributed by atoms with Crippen LogP contribution in [0.15, 0.2) is 48.5 Å². The van der Waals surface area contributed by atoms with E-state index in [2.05, 4.69) is 36.4 Å². The Morgan fingerprint density at radius 3 is 2.60 bits per heavy atom. The van der Waals surface area contributed by atoms with Gasteiger partial charge in [-0.15, -0.1) is 0 Å². The highest BCUT2D eigenvalue weighted by molar-refractivity contribution is 5.40. The first-order valence-electron chi connectivity index (χ1n) is 7.34. The molecular formula is C18H21NO. The van der Waals surface area contributed by atoms with Gasteiger partial charge in [0.25, 0.3) is 0 Å². The normalized spacial score (nSPS) is 18.0. The molecule has 20 heavy (non-hydrogen) atoms. The van der Waals surface area contributed by atoms with Gasteiger partial charge in [0.1, 0.15) is 5.75 Å². The van der Waals surface area contributed by atoms with E-state index in [0.29, 0.717) is 12.5 Å². The smallest absolute Gasteiger partial charge is 0.119 e. The van der Waals surface area contributed by atoms with Crippen molar-refractivity contribution in [1.82, 2.24) is 0 Å². The van der Waals surface area contributed by atoms with Gasteiger partial charge in [-0.1, -0.05) is 36.4 Å². The molecule has 2 aromatic carbocycles. The molecule has 1 aliphatic carbocycles. The van der Waals surface area contributed by atoms with Gasteiger partial charge in [-0.3, -0.25) is 0 Å². The van der Waals surface area contributed by atoms with Crippen LogP contribution in [-0.4, -0.2) is 6.61 Å². The average Bonchev–Trinajstić information content (AvgIpc) is 2.46. The molecule has 104 valence electrons. The molecule has 0 radical (unpaired) electrons. The Kier molecular flexibility index (Phi) is 3.75. The number of hydrogen-bond donors (Lipinski definition) is 1. The van der Waals surface area contributed by atoms with E-state index in [1.54, 1.807) is 0 Å². The molecule has 0 saturated heterocycles. The largest absolute Gasteiger partial charge is 0.494 e. The van der Waals surface area contributed by atoms with Gasteiger partial charge in [-0.2, -0.15) is 0 Å². The molecule has 0 amide bonds. The molecule has 0 aromatic heterocycles. The van der Waals surface area contributed by atoms with E-state index in [0.717, 1.165) is 12.2 Å². The fraction of sp³-hybridized carbons (Fsp3) is 0.333. The molecule has 0 bridgehead atoms. The average molecular weight is 267 g/mol. The second-order valence-corrected chi connectivity index (χ2v) is 5.44. The summed E-state index contributed by atoms with van der Waals surface area (Å²) in [7, 11) is 0. The minimum Gasteiger partial charge on any atom is -0.494 e. The van der Waals surface area contributed by atoms with Crippen LogP contribution >= 0.6 is 0 Å². The Morgan fingerprint density at radius 1 is 1.15 bits per heavy atom. The van der Waals surface area contributed by atoms with E-state index < -0.39 is 0 Å². The topological polar surface area (TPSA) is 35.2 Å². The molecule has 0 heterocycles. The van der Waals surface area contributed by atoms with Gasteiger partial charge < -0.3 is 10.5 Å². The van der Waals surface area contributed by atoms with Crippen molar-refractivity contribution in [2.45, 2.75) is 31.7 Å². The molecule has 2 atom stereocenters. The van der Waals surface area contributed by atoms with E-state index >= 15 is 0 Å². The van der Waals surface area contributed by atoms with Crippen molar-refractivity contribution in [3.8, 4) is 5.75 Å². The molecule has 0 saturated carbocycles. The van der Waals surface area contributed by atoms with Crippen LogP contribution in [0.2, 0.25) is 0 Å². The van der Waals surface area contributed by atoms with E-state index in [-0.39, 0.29) is 6.04 Å². The molecule has 2 aromatic rings. The number of ether oxygens (including phenoxy) is 1. The zero-order valence-corrected chi connectivity index (χ0v) is 11.9. The number of fused-ring (bicyclic) bond motifs is 1. The summed E-state index contributed by atoms with van der Waals surface area (Å²) in [5, 5.41) is 0. The Bertz CT molecular complexity index is 576. The van der Waals surface area contributed by atoms with Gasteiger partial charge in [0, 0.05) is 6.04 Å². The molecule has 2 unspecified atom stereocenters. The molecular weight excluding hydrogens is 246 g/mol. The summed E-state index contributed by atoms with van der Waals surface area (Å²) < 4.78 is 5.46. The number of hydrogen-bond acceptors (Lipinski definition) is 2. The number of nitrogens with two attached hydrogens (primary N) is 1. The third-order valence-corrected chi connectivity index (χ3v) is 4.12. The summed E-state index contributed by atoms with van der Waals surface area (Å²) in [6, 6.07) is 17.0. The lowest BCUT2D eigenvalue weighted by Gasteiger charge is -2.32. The van der Waals surface area contributed by atoms with Crippen molar-refractivity contribution in [2.24, 2.45) is 5.73 Å². The van der Waals surface area contributed by atoms with E-state index in [4.69, 9.17) is 10.5 Å². The van der Waals surface area contributed by atoms with Crippen molar-refractivity contribution >= 4 is 0 Å². The molecule has 3 rings (SSSR count). The maximum absolute atomic E-state index is 6.35. The minimum absolute atomic E-state index is 0.101. The summed E-state index contributed by atoms with van der Waals surface area (Å²) >= 11 is 0. The first-order valence-corrected chi connectivity index (χ1v) is 7.34. The highest BCUT2D eigenvalue weighted by Gasteiger charge is 2.27. The van der Waals surface area contributed by atoms with Crippen LogP contribution in [0.25, 0.3) is 0 Å². The van der Waals surface area contributed by atoms with Crippen LogP contribution in [0.1, 0.15) is 42.0 Å². The van der Waals surface area contributed by atoms with Gasteiger partial charge in [0.05, 0.1) is 6.61 Å². The highest BCUT2D eigenvalue weighted by atomic mass is 16.5. The maximum atomic E-state index is 6.35. The van der Waals surface area contributed by atoms with Crippen LogP contribution in [0, 0.1) is 0 Å². The Morgan fingerprint density at radius 2 is 1.90 bits per heavy atom. The van der Waals surface area contributed by atoms with Crippen LogP contribution in [0.5, 0.6) is 5.75 Å². The van der Waals surface area contributed by atoms with Gasteiger partial charge in [0.2, 0.25) is 0 Å². The Hall–Kier alpha value is -1.80. The maximum Gasteiger partial charge on any atom is 0.119 e. The lowest BCUT2D eigenvalue weighted by atomic mass is 9.74. The molecule has 2 nitrogen and oxygen atoms in total. The number of rotatable bonds is 5. The monoisotopic (exact) mass is 267 g/mol. The molecule has 0 spiro atoms. The second-order valence-electron chi connectivity index (χ2n) is 5.44. The SMILES string of the molecule is CCOc1ccc(C(N)CC2Cc3ccccc32)cc1. The van der Waals surface area contributed by atoms with Crippen molar-refractivity contribution in [2.75, 3.05) is 6.61 Å². The van der Waals surface area contributed by atoms with E-state index in [1.807, 2.05) is 19.1 Å². The molecule has 2 heteroatoms. The predicted octanol–water partition coefficient (Wildman–Crippen LogP) is 3.82. The zero-order chi connectivity index (χ0) is 13.9. The molecule has 2 N–H and O–H groups in total. The Labute approximate surface area is 120 Å². The minimum atomic E-state index is 0.101. The second kappa shape index (κ2) is 5.68. The summed E-state index contributed by atoms with van der Waals surface area (Å²) in [5.74, 6) is 1.53. The summed E-state index contributed by atoms with van der Waals surface area (Å²) in [4.78, 5) is 0. The number of benzene rings is 2. The Balaban J connectivity index is 1.64. The van der Waals surface area contributed by atoms with Crippen LogP contribution in [0.3, 0.4) is 0 Å². The lowest BCUT2D eigenvalue weighted by molar-refractivity contribution is 0.340. The summed E-state index contributed by atoms with van der Waals surface area (Å²) in [6.07, 6.45) is 2.19. The van der Waals surface area contributed by atoms with Crippen molar-refractivity contribution in [1.29, 1.82) is 0 Å². The van der Waals surface area contributed by atoms with Gasteiger partial charge in [-0.25, -0.2) is 0 Å². The fourth-order valence-corrected chi connectivity index (χ4v) is 2.99. The van der Waals surface area contributed by atoms with Crippen LogP contribution < -0.4 is 10.5 Å². The molecule has 0 fully saturated rings. The van der Waals surface area contributed by atoms with E-state index in [9.17, 15) is 0 Å². The molecule has 1 aliphatic rings. The highest BCUT2D eigenvalue weighted by Crippen LogP contribution is 2.40. The summed E-state index contributed by atoms with van der Waals surface area (Å²) in [5.41, 5.74) is 10.5. The summed E-state index contributed by atoms with van der Waals surface area (Å²) in [6.45, 7) is 2.69. The predicted molar refractivity (Wildman–Crippen MR) is 82.0 cm³/mol. The van der Waals surface area contributed by atoms with Crippen LogP contribution in [0.4, 0.5) is 0 Å². The van der Waals surface area contributed by atoms with Gasteiger partial charge in [-0.05, 0) is 54.5 Å². The van der Waals surface area contributed by atoms with E-state index in [1.165, 1.54) is 23.1 Å². The van der Waals surface area contributed by atoms with Gasteiger partial charge in [0.15, 0.2) is 0 Å². The first kappa shape index (κ1) is 13.2. The molecule has 0 aliphatic heterocycles. The van der Waals surface area contributed by atoms with Crippen molar-refractivity contribution in [3.05, 3.63) is 65.2 Å². The van der Waals surface area contributed by atoms with Crippen molar-refractivity contribution in [3.63, 3.8) is 0 Å². The van der Waals surface area contributed by atoms with Gasteiger partial charge >= 0.3 is 0 Å². The zero-order valence-electron chi connectivity index (χ0n) is 11.9. The van der Waals surface area contributed by atoms with Crippen LogP contribution in [-0.2, 0) is 6.42 Å². The fourth-order valence-electron chi connectivity index (χ4n) is 2.99. The quantitative estimate of drug-likeness (QED) is 0.894.